The van der Waals surface area contributed by atoms with E-state index in [9.17, 15) is 4.79 Å². The van der Waals surface area contributed by atoms with Gasteiger partial charge in [-0.3, -0.25) is 0 Å². The summed E-state index contributed by atoms with van der Waals surface area (Å²) in [7, 11) is 3.36. The maximum Gasteiger partial charge on any atom is 0.354 e. The van der Waals surface area contributed by atoms with Crippen molar-refractivity contribution in [3.63, 3.8) is 0 Å². The Kier molecular flexibility index (Phi) is 3.61. The maximum atomic E-state index is 10.9. The smallest absolute Gasteiger partial charge is 0.354 e. The molecule has 1 aromatic heterocycles. The number of methoxy groups -OCH3 is 1. The van der Waals surface area contributed by atoms with Crippen molar-refractivity contribution in [2.45, 2.75) is 0 Å². The Morgan fingerprint density at radius 3 is 2.53 bits per heavy atom. The molecule has 0 saturated carbocycles. The van der Waals surface area contributed by atoms with Crippen LogP contribution in [0.25, 0.3) is 0 Å². The Balaban J connectivity index is 2.29. The van der Waals surface area contributed by atoms with Gasteiger partial charge in [-0.2, -0.15) is 0 Å². The molecule has 0 aliphatic carbocycles. The topological polar surface area (TPSA) is 75.5 Å². The van der Waals surface area contributed by atoms with Crippen molar-refractivity contribution in [1.82, 2.24) is 9.97 Å². The quantitative estimate of drug-likeness (QED) is 0.904. The molecular weight excluding hydrogens is 246 g/mol. The normalized spacial score (nSPS) is 10.0. The second kappa shape index (κ2) is 5.34. The van der Waals surface area contributed by atoms with Crippen LogP contribution in [0.3, 0.4) is 0 Å². The van der Waals surface area contributed by atoms with Crippen LogP contribution in [0.2, 0.25) is 0 Å². The number of hydrogen-bond donors (Lipinski definition) is 1. The highest BCUT2D eigenvalue weighted by atomic mass is 16.5. The lowest BCUT2D eigenvalue weighted by Gasteiger charge is -2.17. The van der Waals surface area contributed by atoms with Gasteiger partial charge in [-0.25, -0.2) is 14.8 Å². The summed E-state index contributed by atoms with van der Waals surface area (Å²) in [5.41, 5.74) is 0.800. The largest absolute Gasteiger partial charge is 0.497 e. The predicted octanol–water partition coefficient (Wildman–Crippen LogP) is 1.95. The van der Waals surface area contributed by atoms with E-state index >= 15 is 0 Å². The van der Waals surface area contributed by atoms with Crippen LogP contribution in [0.5, 0.6) is 5.75 Å². The van der Waals surface area contributed by atoms with Gasteiger partial charge in [0.15, 0.2) is 5.69 Å². The van der Waals surface area contributed by atoms with E-state index in [4.69, 9.17) is 9.84 Å². The van der Waals surface area contributed by atoms with Crippen LogP contribution in [0.1, 0.15) is 10.5 Å². The van der Waals surface area contributed by atoms with Gasteiger partial charge >= 0.3 is 5.97 Å². The van der Waals surface area contributed by atoms with E-state index < -0.39 is 5.97 Å². The molecule has 6 nitrogen and oxygen atoms in total. The zero-order valence-corrected chi connectivity index (χ0v) is 10.6. The van der Waals surface area contributed by atoms with Crippen molar-refractivity contribution in [2.75, 3.05) is 19.1 Å². The van der Waals surface area contributed by atoms with Crippen LogP contribution in [-0.2, 0) is 0 Å². The number of benzene rings is 1. The average Bonchev–Trinajstić information content (AvgIpc) is 2.46. The summed E-state index contributed by atoms with van der Waals surface area (Å²) in [6, 6.07) is 8.67. The van der Waals surface area contributed by atoms with Crippen LogP contribution in [0.4, 0.5) is 11.6 Å². The SMILES string of the molecule is COc1ccc(N(C)c2nccc(C(=O)O)n2)cc1. The summed E-state index contributed by atoms with van der Waals surface area (Å²) in [6.07, 6.45) is 1.42. The Morgan fingerprint density at radius 2 is 1.95 bits per heavy atom. The molecule has 0 radical (unpaired) electrons. The molecule has 0 aliphatic heterocycles. The Labute approximate surface area is 110 Å². The molecule has 0 fully saturated rings. The first-order chi connectivity index (χ1) is 9.11. The molecule has 1 aromatic carbocycles. The highest BCUT2D eigenvalue weighted by molar-refractivity contribution is 5.85. The van der Waals surface area contributed by atoms with E-state index in [1.54, 1.807) is 19.1 Å². The summed E-state index contributed by atoms with van der Waals surface area (Å²) >= 11 is 0. The van der Waals surface area contributed by atoms with E-state index in [0.717, 1.165) is 11.4 Å². The molecule has 19 heavy (non-hydrogen) atoms. The Hall–Kier alpha value is -2.63. The van der Waals surface area contributed by atoms with Crippen molar-refractivity contribution in [3.8, 4) is 5.75 Å². The third-order valence-corrected chi connectivity index (χ3v) is 2.62. The molecule has 0 aliphatic rings. The number of ether oxygens (including phenoxy) is 1. The van der Waals surface area contributed by atoms with Gasteiger partial charge in [0.1, 0.15) is 5.75 Å². The lowest BCUT2D eigenvalue weighted by atomic mass is 10.3. The summed E-state index contributed by atoms with van der Waals surface area (Å²) in [5, 5.41) is 8.90. The van der Waals surface area contributed by atoms with Crippen molar-refractivity contribution >= 4 is 17.6 Å². The maximum absolute atomic E-state index is 10.9. The summed E-state index contributed by atoms with van der Waals surface area (Å²) in [6.45, 7) is 0. The number of aromatic nitrogens is 2. The standard InChI is InChI=1S/C13H13N3O3/c1-16(9-3-5-10(19-2)6-4-9)13-14-8-7-11(15-13)12(17)18/h3-8H,1-2H3,(H,17,18). The fourth-order valence-electron chi connectivity index (χ4n) is 1.55. The minimum absolute atomic E-state index is 0.0367. The van der Waals surface area contributed by atoms with E-state index in [0.29, 0.717) is 5.95 Å². The van der Waals surface area contributed by atoms with Crippen LogP contribution in [0, 0.1) is 0 Å². The van der Waals surface area contributed by atoms with E-state index in [-0.39, 0.29) is 5.69 Å². The van der Waals surface area contributed by atoms with Gasteiger partial charge in [0, 0.05) is 18.9 Å². The van der Waals surface area contributed by atoms with Crippen molar-refractivity contribution < 1.29 is 14.6 Å². The molecule has 0 atom stereocenters. The van der Waals surface area contributed by atoms with Gasteiger partial charge in [-0.1, -0.05) is 0 Å². The lowest BCUT2D eigenvalue weighted by molar-refractivity contribution is 0.0690. The van der Waals surface area contributed by atoms with Crippen molar-refractivity contribution in [1.29, 1.82) is 0 Å². The minimum Gasteiger partial charge on any atom is -0.497 e. The molecule has 2 aromatic rings. The highest BCUT2D eigenvalue weighted by Crippen LogP contribution is 2.22. The van der Waals surface area contributed by atoms with E-state index in [1.165, 1.54) is 12.3 Å². The molecule has 0 unspecified atom stereocenters. The van der Waals surface area contributed by atoms with Crippen LogP contribution in [-0.4, -0.2) is 35.2 Å². The summed E-state index contributed by atoms with van der Waals surface area (Å²) < 4.78 is 5.08. The molecular formula is C13H13N3O3. The van der Waals surface area contributed by atoms with Gasteiger partial charge in [0.25, 0.3) is 0 Å². The third kappa shape index (κ3) is 2.79. The number of carboxylic acids is 1. The number of anilines is 2. The molecule has 1 N–H and O–H groups in total. The second-order valence-corrected chi connectivity index (χ2v) is 3.80. The monoisotopic (exact) mass is 259 g/mol. The minimum atomic E-state index is -1.08. The first kappa shape index (κ1) is 12.8. The lowest BCUT2D eigenvalue weighted by Crippen LogP contribution is -2.14. The van der Waals surface area contributed by atoms with Crippen LogP contribution < -0.4 is 9.64 Å². The third-order valence-electron chi connectivity index (χ3n) is 2.62. The van der Waals surface area contributed by atoms with Crippen molar-refractivity contribution in [2.24, 2.45) is 0 Å². The zero-order chi connectivity index (χ0) is 13.8. The first-order valence-electron chi connectivity index (χ1n) is 5.56. The predicted molar refractivity (Wildman–Crippen MR) is 70.0 cm³/mol. The summed E-state index contributed by atoms with van der Waals surface area (Å²) in [5.74, 6) is -0.00537. The summed E-state index contributed by atoms with van der Waals surface area (Å²) in [4.78, 5) is 20.6. The number of hydrogen-bond acceptors (Lipinski definition) is 5. The molecule has 98 valence electrons. The Morgan fingerprint density at radius 1 is 1.26 bits per heavy atom. The van der Waals surface area contributed by atoms with Gasteiger partial charge < -0.3 is 14.7 Å². The van der Waals surface area contributed by atoms with E-state index in [1.807, 2.05) is 24.3 Å². The molecule has 2 rings (SSSR count). The molecule has 0 bridgehead atoms. The zero-order valence-electron chi connectivity index (χ0n) is 10.6. The number of carbonyl (C=O) groups is 1. The molecule has 0 saturated heterocycles. The Bertz CT molecular complexity index is 584. The first-order valence-corrected chi connectivity index (χ1v) is 5.56. The van der Waals surface area contributed by atoms with Crippen LogP contribution in [0.15, 0.2) is 36.5 Å². The average molecular weight is 259 g/mol. The highest BCUT2D eigenvalue weighted by Gasteiger charge is 2.11. The number of aromatic carboxylic acids is 1. The van der Waals surface area contributed by atoms with Crippen LogP contribution >= 0.6 is 0 Å². The molecule has 0 amide bonds. The van der Waals surface area contributed by atoms with Gasteiger partial charge in [-0.05, 0) is 30.3 Å². The van der Waals surface area contributed by atoms with Gasteiger partial charge in [-0.15, -0.1) is 0 Å². The number of rotatable bonds is 4. The number of carboxylic acid groups (broad SMARTS) is 1. The molecule has 0 spiro atoms. The van der Waals surface area contributed by atoms with Crippen molar-refractivity contribution in [3.05, 3.63) is 42.2 Å². The molecule has 1 heterocycles. The van der Waals surface area contributed by atoms with Gasteiger partial charge in [0.05, 0.1) is 7.11 Å². The fraction of sp³-hybridized carbons (Fsp3) is 0.154. The molecule has 6 heteroatoms. The number of nitrogens with zero attached hydrogens (tertiary/aromatic N) is 3. The van der Waals surface area contributed by atoms with E-state index in [2.05, 4.69) is 9.97 Å². The fourth-order valence-corrected chi connectivity index (χ4v) is 1.55. The van der Waals surface area contributed by atoms with Gasteiger partial charge in [0.2, 0.25) is 5.95 Å². The second-order valence-electron chi connectivity index (χ2n) is 3.80.